The summed E-state index contributed by atoms with van der Waals surface area (Å²) in [7, 11) is 0. The van der Waals surface area contributed by atoms with Crippen LogP contribution in [0, 0.1) is 5.92 Å². The molecule has 2 rings (SSSR count). The largest absolute Gasteiger partial charge is 0.307 e. The van der Waals surface area contributed by atoms with Crippen LogP contribution >= 0.6 is 23.2 Å². The minimum atomic E-state index is 0.261. The van der Waals surface area contributed by atoms with E-state index in [2.05, 4.69) is 19.2 Å². The van der Waals surface area contributed by atoms with Crippen molar-refractivity contribution in [3.05, 3.63) is 33.8 Å². The Morgan fingerprint density at radius 2 is 2.06 bits per heavy atom. The number of hydrogen-bond acceptors (Lipinski definition) is 1. The molecule has 17 heavy (non-hydrogen) atoms. The fourth-order valence-electron chi connectivity index (χ4n) is 2.66. The van der Waals surface area contributed by atoms with Gasteiger partial charge in [0.25, 0.3) is 0 Å². The summed E-state index contributed by atoms with van der Waals surface area (Å²) in [4.78, 5) is 0. The molecule has 1 N–H and O–H groups in total. The summed E-state index contributed by atoms with van der Waals surface area (Å²) in [6.45, 7) is 4.47. The predicted molar refractivity (Wildman–Crippen MR) is 74.8 cm³/mol. The highest BCUT2D eigenvalue weighted by atomic mass is 35.5. The summed E-state index contributed by atoms with van der Waals surface area (Å²) in [5.74, 6) is 0.842. The molecule has 1 aromatic rings. The SMILES string of the molecule is CC1CCC(NC(C)c2cccc(Cl)c2Cl)C1. The zero-order chi connectivity index (χ0) is 12.4. The van der Waals surface area contributed by atoms with Crippen LogP contribution in [0.25, 0.3) is 0 Å². The summed E-state index contributed by atoms with van der Waals surface area (Å²) >= 11 is 12.3. The van der Waals surface area contributed by atoms with Crippen molar-refractivity contribution in [2.24, 2.45) is 5.92 Å². The molecule has 1 aliphatic rings. The molecule has 1 aromatic carbocycles. The number of halogens is 2. The smallest absolute Gasteiger partial charge is 0.0639 e. The van der Waals surface area contributed by atoms with Crippen molar-refractivity contribution in [2.75, 3.05) is 0 Å². The van der Waals surface area contributed by atoms with E-state index >= 15 is 0 Å². The van der Waals surface area contributed by atoms with Crippen molar-refractivity contribution in [1.82, 2.24) is 5.32 Å². The Morgan fingerprint density at radius 1 is 1.29 bits per heavy atom. The first kappa shape index (κ1) is 13.2. The van der Waals surface area contributed by atoms with Crippen LogP contribution < -0.4 is 5.32 Å². The van der Waals surface area contributed by atoms with E-state index in [1.165, 1.54) is 19.3 Å². The van der Waals surface area contributed by atoms with E-state index in [0.29, 0.717) is 16.1 Å². The monoisotopic (exact) mass is 271 g/mol. The molecule has 0 saturated heterocycles. The van der Waals surface area contributed by atoms with Crippen molar-refractivity contribution >= 4 is 23.2 Å². The Bertz CT molecular complexity index is 392. The van der Waals surface area contributed by atoms with Crippen LogP contribution in [0.2, 0.25) is 10.0 Å². The predicted octanol–water partition coefficient (Wildman–Crippen LogP) is 4.83. The Labute approximate surface area is 114 Å². The normalized spacial score (nSPS) is 26.1. The van der Waals surface area contributed by atoms with Gasteiger partial charge < -0.3 is 5.32 Å². The molecule has 1 fully saturated rings. The average Bonchev–Trinajstić information content (AvgIpc) is 2.68. The molecule has 3 unspecified atom stereocenters. The van der Waals surface area contributed by atoms with Gasteiger partial charge in [0.1, 0.15) is 0 Å². The lowest BCUT2D eigenvalue weighted by Gasteiger charge is -2.21. The quantitative estimate of drug-likeness (QED) is 0.830. The lowest BCUT2D eigenvalue weighted by molar-refractivity contribution is 0.449. The van der Waals surface area contributed by atoms with E-state index < -0.39 is 0 Å². The molecule has 3 atom stereocenters. The van der Waals surface area contributed by atoms with Crippen LogP contribution in [-0.4, -0.2) is 6.04 Å². The number of hydrogen-bond donors (Lipinski definition) is 1. The van der Waals surface area contributed by atoms with Crippen LogP contribution in [0.15, 0.2) is 18.2 Å². The van der Waals surface area contributed by atoms with Gasteiger partial charge in [0.05, 0.1) is 10.0 Å². The van der Waals surface area contributed by atoms with Crippen molar-refractivity contribution in [3.8, 4) is 0 Å². The van der Waals surface area contributed by atoms with Crippen molar-refractivity contribution in [1.29, 1.82) is 0 Å². The molecule has 94 valence electrons. The first-order valence-corrected chi connectivity index (χ1v) is 7.03. The maximum absolute atomic E-state index is 6.23. The van der Waals surface area contributed by atoms with Crippen LogP contribution in [0.3, 0.4) is 0 Å². The molecule has 0 spiro atoms. The van der Waals surface area contributed by atoms with Crippen LogP contribution in [0.5, 0.6) is 0 Å². The van der Waals surface area contributed by atoms with Gasteiger partial charge in [0.2, 0.25) is 0 Å². The Morgan fingerprint density at radius 3 is 2.71 bits per heavy atom. The van der Waals surface area contributed by atoms with Gasteiger partial charge in [-0.05, 0) is 43.7 Å². The zero-order valence-electron chi connectivity index (χ0n) is 10.3. The van der Waals surface area contributed by atoms with E-state index in [-0.39, 0.29) is 6.04 Å². The number of benzene rings is 1. The third-order valence-electron chi connectivity index (χ3n) is 3.63. The summed E-state index contributed by atoms with van der Waals surface area (Å²) in [6, 6.07) is 6.72. The van der Waals surface area contributed by atoms with Gasteiger partial charge in [-0.1, -0.05) is 42.3 Å². The fraction of sp³-hybridized carbons (Fsp3) is 0.571. The van der Waals surface area contributed by atoms with Crippen LogP contribution in [0.1, 0.15) is 44.7 Å². The van der Waals surface area contributed by atoms with Gasteiger partial charge in [-0.3, -0.25) is 0 Å². The molecular formula is C14H19Cl2N. The molecule has 1 saturated carbocycles. The summed E-state index contributed by atoms with van der Waals surface area (Å²) in [5.41, 5.74) is 1.10. The highest BCUT2D eigenvalue weighted by molar-refractivity contribution is 6.42. The molecule has 1 aliphatic carbocycles. The van der Waals surface area contributed by atoms with Crippen molar-refractivity contribution in [3.63, 3.8) is 0 Å². The Hall–Kier alpha value is -0.240. The first-order valence-electron chi connectivity index (χ1n) is 6.28. The van der Waals surface area contributed by atoms with E-state index in [1.54, 1.807) is 0 Å². The molecule has 0 radical (unpaired) electrons. The molecule has 0 bridgehead atoms. The molecule has 1 nitrogen and oxygen atoms in total. The third kappa shape index (κ3) is 3.15. The van der Waals surface area contributed by atoms with Crippen LogP contribution in [-0.2, 0) is 0 Å². The van der Waals surface area contributed by atoms with E-state index in [4.69, 9.17) is 23.2 Å². The van der Waals surface area contributed by atoms with Gasteiger partial charge in [-0.25, -0.2) is 0 Å². The highest BCUT2D eigenvalue weighted by Crippen LogP contribution is 2.32. The standard InChI is InChI=1S/C14H19Cl2N/c1-9-6-7-11(8-9)17-10(2)12-4-3-5-13(15)14(12)16/h3-5,9-11,17H,6-8H2,1-2H3. The lowest BCUT2D eigenvalue weighted by atomic mass is 10.1. The first-order chi connectivity index (χ1) is 8.08. The second kappa shape index (κ2) is 5.60. The molecule has 0 aromatic heterocycles. The van der Waals surface area contributed by atoms with E-state index in [9.17, 15) is 0 Å². The summed E-state index contributed by atoms with van der Waals surface area (Å²) in [6.07, 6.45) is 3.86. The second-order valence-electron chi connectivity index (χ2n) is 5.15. The maximum Gasteiger partial charge on any atom is 0.0639 e. The Kier molecular flexibility index (Phi) is 4.35. The van der Waals surface area contributed by atoms with Crippen LogP contribution in [0.4, 0.5) is 0 Å². The highest BCUT2D eigenvalue weighted by Gasteiger charge is 2.23. The maximum atomic E-state index is 6.23. The Balaban J connectivity index is 2.04. The summed E-state index contributed by atoms with van der Waals surface area (Å²) in [5, 5.41) is 4.97. The fourth-order valence-corrected chi connectivity index (χ4v) is 3.13. The van der Waals surface area contributed by atoms with E-state index in [0.717, 1.165) is 11.5 Å². The molecule has 0 amide bonds. The number of rotatable bonds is 3. The van der Waals surface area contributed by atoms with Gasteiger partial charge in [0, 0.05) is 12.1 Å². The van der Waals surface area contributed by atoms with Gasteiger partial charge in [-0.15, -0.1) is 0 Å². The van der Waals surface area contributed by atoms with Gasteiger partial charge in [0.15, 0.2) is 0 Å². The second-order valence-corrected chi connectivity index (χ2v) is 5.93. The minimum absolute atomic E-state index is 0.261. The molecule has 0 heterocycles. The molecular weight excluding hydrogens is 253 g/mol. The van der Waals surface area contributed by atoms with Gasteiger partial charge >= 0.3 is 0 Å². The number of nitrogens with one attached hydrogen (secondary N) is 1. The van der Waals surface area contributed by atoms with Crippen molar-refractivity contribution in [2.45, 2.75) is 45.2 Å². The lowest BCUT2D eigenvalue weighted by Crippen LogP contribution is -2.29. The molecule has 3 heteroatoms. The zero-order valence-corrected chi connectivity index (χ0v) is 11.9. The minimum Gasteiger partial charge on any atom is -0.307 e. The third-order valence-corrected chi connectivity index (χ3v) is 4.46. The topological polar surface area (TPSA) is 12.0 Å². The summed E-state index contributed by atoms with van der Waals surface area (Å²) < 4.78 is 0. The van der Waals surface area contributed by atoms with Gasteiger partial charge in [-0.2, -0.15) is 0 Å². The average molecular weight is 272 g/mol. The molecule has 0 aliphatic heterocycles. The van der Waals surface area contributed by atoms with Crippen molar-refractivity contribution < 1.29 is 0 Å². The van der Waals surface area contributed by atoms with E-state index in [1.807, 2.05) is 18.2 Å².